The number of carbonyl (C=O) groups is 2. The first-order valence-corrected chi connectivity index (χ1v) is 14.1. The van der Waals surface area contributed by atoms with Gasteiger partial charge in [0.05, 0.1) is 18.6 Å². The number of rotatable bonds is 9. The Balaban J connectivity index is 1.32. The van der Waals surface area contributed by atoms with Gasteiger partial charge in [-0.15, -0.1) is 0 Å². The molecule has 0 radical (unpaired) electrons. The van der Waals surface area contributed by atoms with E-state index in [1.165, 1.54) is 25.3 Å². The molecule has 2 amide bonds. The van der Waals surface area contributed by atoms with E-state index in [1.54, 1.807) is 48.5 Å². The Morgan fingerprint density at radius 2 is 1.49 bits per heavy atom. The summed E-state index contributed by atoms with van der Waals surface area (Å²) >= 11 is 0.768. The van der Waals surface area contributed by atoms with Crippen molar-refractivity contribution in [3.63, 3.8) is 0 Å². The molecule has 0 bridgehead atoms. The lowest BCUT2D eigenvalue weighted by Gasteiger charge is -2.14. The van der Waals surface area contributed by atoms with Crippen LogP contribution in [0.25, 0.3) is 16.8 Å². The van der Waals surface area contributed by atoms with Gasteiger partial charge in [-0.3, -0.25) is 14.5 Å². The van der Waals surface area contributed by atoms with Crippen molar-refractivity contribution in [3.05, 3.63) is 101 Å². The smallest absolute Gasteiger partial charge is 0.339 e. The van der Waals surface area contributed by atoms with Crippen LogP contribution in [0.2, 0.25) is 0 Å². The summed E-state index contributed by atoms with van der Waals surface area (Å²) in [6, 6.07) is 25.7. The maximum atomic E-state index is 13.1. The summed E-state index contributed by atoms with van der Waals surface area (Å²) in [5.74, 6) is 0.584. The van der Waals surface area contributed by atoms with Crippen LogP contribution in [0.15, 0.2) is 101 Å². The number of para-hydroxylation sites is 3. The molecule has 0 aliphatic carbocycles. The number of benzene rings is 4. The topological polar surface area (TPSA) is 99.2 Å². The third kappa shape index (κ3) is 5.76. The minimum Gasteiger partial charge on any atom is -0.493 e. The van der Waals surface area contributed by atoms with Crippen LogP contribution in [-0.4, -0.2) is 44.7 Å². The maximum absolute atomic E-state index is 13.1. The van der Waals surface area contributed by atoms with E-state index in [0.717, 1.165) is 27.4 Å². The summed E-state index contributed by atoms with van der Waals surface area (Å²) in [4.78, 5) is 26.8. The van der Waals surface area contributed by atoms with Gasteiger partial charge in [-0.2, -0.15) is 8.42 Å². The summed E-state index contributed by atoms with van der Waals surface area (Å²) in [6.45, 7) is 0.115. The van der Waals surface area contributed by atoms with Crippen LogP contribution in [-0.2, 0) is 14.9 Å². The van der Waals surface area contributed by atoms with Crippen LogP contribution in [0.1, 0.15) is 5.56 Å². The zero-order chi connectivity index (χ0) is 27.4. The number of hydrogen-bond acceptors (Lipinski definition) is 8. The van der Waals surface area contributed by atoms with Crippen LogP contribution >= 0.6 is 11.8 Å². The van der Waals surface area contributed by atoms with E-state index in [0.29, 0.717) is 17.1 Å². The highest BCUT2D eigenvalue weighted by Crippen LogP contribution is 2.35. The quantitative estimate of drug-likeness (QED) is 0.189. The third-order valence-corrected chi connectivity index (χ3v) is 8.07. The molecule has 0 aromatic heterocycles. The molecule has 1 aliphatic rings. The Morgan fingerprint density at radius 3 is 2.26 bits per heavy atom. The number of methoxy groups -OCH3 is 1. The van der Waals surface area contributed by atoms with Gasteiger partial charge in [0.1, 0.15) is 17.3 Å². The van der Waals surface area contributed by atoms with E-state index < -0.39 is 21.3 Å². The first-order valence-electron chi connectivity index (χ1n) is 11.9. The fourth-order valence-corrected chi connectivity index (χ4v) is 5.83. The Labute approximate surface area is 229 Å². The van der Waals surface area contributed by atoms with Crippen molar-refractivity contribution in [2.75, 3.05) is 20.3 Å². The van der Waals surface area contributed by atoms with Crippen LogP contribution in [0, 0.1) is 0 Å². The lowest BCUT2D eigenvalue weighted by molar-refractivity contribution is -0.123. The first kappa shape index (κ1) is 26.3. The highest BCUT2D eigenvalue weighted by molar-refractivity contribution is 8.18. The molecule has 5 rings (SSSR count). The monoisotopic (exact) mass is 561 g/mol. The summed E-state index contributed by atoms with van der Waals surface area (Å²) < 4.78 is 42.6. The second-order valence-corrected chi connectivity index (χ2v) is 11.0. The van der Waals surface area contributed by atoms with E-state index in [9.17, 15) is 18.0 Å². The fraction of sp³-hybridized carbons (Fsp3) is 0.103. The first-order chi connectivity index (χ1) is 18.9. The predicted molar refractivity (Wildman–Crippen MR) is 149 cm³/mol. The van der Waals surface area contributed by atoms with Crippen molar-refractivity contribution >= 4 is 49.9 Å². The van der Waals surface area contributed by atoms with Gasteiger partial charge in [-0.05, 0) is 58.9 Å². The Bertz CT molecular complexity index is 1700. The third-order valence-electron chi connectivity index (χ3n) is 5.93. The number of nitrogens with zero attached hydrogens (tertiary/aromatic N) is 1. The number of amides is 2. The molecule has 8 nitrogen and oxygen atoms in total. The molecule has 0 saturated carbocycles. The van der Waals surface area contributed by atoms with Gasteiger partial charge >= 0.3 is 10.1 Å². The van der Waals surface area contributed by atoms with E-state index >= 15 is 0 Å². The normalized spacial score (nSPS) is 14.7. The van der Waals surface area contributed by atoms with Gasteiger partial charge < -0.3 is 13.7 Å². The highest BCUT2D eigenvalue weighted by Gasteiger charge is 2.35. The van der Waals surface area contributed by atoms with Gasteiger partial charge in [0.25, 0.3) is 11.1 Å². The standard InChI is InChI=1S/C29H23NO7S2/c1-35-25-12-6-7-13-26(25)36-17-16-30-28(31)27(38-29(30)32)19-22-10-4-5-11-24(22)37-39(33,34)23-15-14-20-8-2-3-9-21(20)18-23/h2-15,18-19H,16-17H2,1H3/b27-19-. The van der Waals surface area contributed by atoms with Crippen LogP contribution in [0.3, 0.4) is 0 Å². The van der Waals surface area contributed by atoms with Crippen molar-refractivity contribution in [2.24, 2.45) is 0 Å². The van der Waals surface area contributed by atoms with Crippen molar-refractivity contribution in [1.29, 1.82) is 0 Å². The van der Waals surface area contributed by atoms with Crippen LogP contribution in [0.4, 0.5) is 4.79 Å². The molecule has 0 unspecified atom stereocenters. The molecule has 1 saturated heterocycles. The molecular formula is C29H23NO7S2. The van der Waals surface area contributed by atoms with Crippen molar-refractivity contribution in [1.82, 2.24) is 4.90 Å². The Kier molecular flexibility index (Phi) is 7.58. The summed E-state index contributed by atoms with van der Waals surface area (Å²) in [7, 11) is -2.64. The average molecular weight is 562 g/mol. The Hall–Kier alpha value is -4.28. The van der Waals surface area contributed by atoms with Crippen molar-refractivity contribution in [3.8, 4) is 17.2 Å². The second kappa shape index (κ2) is 11.2. The summed E-state index contributed by atoms with van der Waals surface area (Å²) in [5, 5.41) is 1.22. The summed E-state index contributed by atoms with van der Waals surface area (Å²) in [5.41, 5.74) is 0.345. The number of imide groups is 1. The molecular weight excluding hydrogens is 538 g/mol. The zero-order valence-corrected chi connectivity index (χ0v) is 22.4. The summed E-state index contributed by atoms with van der Waals surface area (Å²) in [6.07, 6.45) is 1.46. The SMILES string of the molecule is COc1ccccc1OCCN1C(=O)S/C(=C\c2ccccc2OS(=O)(=O)c2ccc3ccccc3c2)C1=O. The van der Waals surface area contributed by atoms with E-state index in [4.69, 9.17) is 13.7 Å². The number of fused-ring (bicyclic) bond motifs is 1. The maximum Gasteiger partial charge on any atom is 0.339 e. The molecule has 4 aromatic rings. The number of hydrogen-bond donors (Lipinski definition) is 0. The minimum absolute atomic E-state index is 0.00590. The lowest BCUT2D eigenvalue weighted by Crippen LogP contribution is -2.32. The molecule has 0 N–H and O–H groups in total. The minimum atomic E-state index is -4.17. The molecule has 4 aromatic carbocycles. The fourth-order valence-electron chi connectivity index (χ4n) is 3.98. The molecule has 39 heavy (non-hydrogen) atoms. The van der Waals surface area contributed by atoms with Crippen molar-refractivity contribution < 1.29 is 31.7 Å². The molecule has 0 atom stereocenters. The Morgan fingerprint density at radius 1 is 0.821 bits per heavy atom. The van der Waals surface area contributed by atoms with E-state index in [1.807, 2.05) is 30.3 Å². The number of carbonyl (C=O) groups excluding carboxylic acids is 2. The predicted octanol–water partition coefficient (Wildman–Crippen LogP) is 5.73. The molecule has 0 spiro atoms. The lowest BCUT2D eigenvalue weighted by atomic mass is 10.1. The van der Waals surface area contributed by atoms with E-state index in [2.05, 4.69) is 0 Å². The number of ether oxygens (including phenoxy) is 2. The highest BCUT2D eigenvalue weighted by atomic mass is 32.2. The van der Waals surface area contributed by atoms with Gasteiger partial charge in [0, 0.05) is 5.56 Å². The van der Waals surface area contributed by atoms with Crippen LogP contribution < -0.4 is 13.7 Å². The largest absolute Gasteiger partial charge is 0.493 e. The van der Waals surface area contributed by atoms with Gasteiger partial charge in [-0.25, -0.2) is 0 Å². The molecule has 1 fully saturated rings. The van der Waals surface area contributed by atoms with Crippen LogP contribution in [0.5, 0.6) is 17.2 Å². The molecule has 1 aliphatic heterocycles. The van der Waals surface area contributed by atoms with Gasteiger partial charge in [0.2, 0.25) is 0 Å². The van der Waals surface area contributed by atoms with E-state index in [-0.39, 0.29) is 28.7 Å². The molecule has 198 valence electrons. The second-order valence-electron chi connectivity index (χ2n) is 8.42. The number of thioether (sulfide) groups is 1. The van der Waals surface area contributed by atoms with Crippen molar-refractivity contribution in [2.45, 2.75) is 4.90 Å². The average Bonchev–Trinajstić information content (AvgIpc) is 3.21. The van der Waals surface area contributed by atoms with Gasteiger partial charge in [-0.1, -0.05) is 60.7 Å². The molecule has 10 heteroatoms. The zero-order valence-electron chi connectivity index (χ0n) is 20.8. The molecule has 1 heterocycles. The van der Waals surface area contributed by atoms with Gasteiger partial charge in [0.15, 0.2) is 11.5 Å².